The number of hydrogen-bond donors (Lipinski definition) is 0. The molecular formula is C9H7NO2. The molecule has 1 aliphatic heterocycles. The smallest absolute Gasteiger partial charge is 0.218 e. The van der Waals surface area contributed by atoms with Gasteiger partial charge in [0.05, 0.1) is 5.69 Å². The Bertz CT molecular complexity index is 333. The van der Waals surface area contributed by atoms with E-state index in [1.807, 2.05) is 24.3 Å². The van der Waals surface area contributed by atoms with Crippen molar-refractivity contribution in [1.82, 2.24) is 0 Å². The maximum Gasteiger partial charge on any atom is 0.218 e. The second-order valence-corrected chi connectivity index (χ2v) is 2.38. The third kappa shape index (κ3) is 0.955. The first-order valence-corrected chi connectivity index (χ1v) is 3.58. The summed E-state index contributed by atoms with van der Waals surface area (Å²) < 4.78 is 5.17. The van der Waals surface area contributed by atoms with Crippen LogP contribution in [0.3, 0.4) is 0 Å². The van der Waals surface area contributed by atoms with Crippen LogP contribution in [0, 0.1) is 0 Å². The molecule has 0 spiro atoms. The van der Waals surface area contributed by atoms with E-state index in [2.05, 4.69) is 0 Å². The number of para-hydroxylation sites is 2. The Kier molecular flexibility index (Phi) is 1.55. The molecule has 0 aromatic heterocycles. The second kappa shape index (κ2) is 2.70. The Labute approximate surface area is 69.9 Å². The number of fused-ring (bicyclic) bond motifs is 1. The number of carbonyl (C=O) groups excluding carboxylic acids is 1. The highest BCUT2D eigenvalue weighted by atomic mass is 16.5. The molecule has 12 heavy (non-hydrogen) atoms. The topological polar surface area (TPSA) is 29.5 Å². The zero-order chi connectivity index (χ0) is 8.39. The van der Waals surface area contributed by atoms with Gasteiger partial charge in [0.2, 0.25) is 6.41 Å². The van der Waals surface area contributed by atoms with E-state index >= 15 is 0 Å². The molecule has 1 amide bonds. The summed E-state index contributed by atoms with van der Waals surface area (Å²) in [5.41, 5.74) is 0.773. The van der Waals surface area contributed by atoms with Crippen molar-refractivity contribution in [3.05, 3.63) is 36.7 Å². The second-order valence-electron chi connectivity index (χ2n) is 2.38. The Hall–Kier alpha value is -1.77. The van der Waals surface area contributed by atoms with Crippen LogP contribution in [-0.4, -0.2) is 6.41 Å². The summed E-state index contributed by atoms with van der Waals surface area (Å²) in [4.78, 5) is 12.0. The average molecular weight is 161 g/mol. The minimum atomic E-state index is 0.701. The predicted octanol–water partition coefficient (Wildman–Crippen LogP) is 1.51. The third-order valence-electron chi connectivity index (χ3n) is 1.67. The number of anilines is 1. The lowest BCUT2D eigenvalue weighted by molar-refractivity contribution is -0.107. The highest BCUT2D eigenvalue weighted by molar-refractivity contribution is 5.81. The van der Waals surface area contributed by atoms with Gasteiger partial charge in [-0.2, -0.15) is 0 Å². The normalized spacial score (nSPS) is 13.5. The fraction of sp³-hybridized carbons (Fsp3) is 0. The summed E-state index contributed by atoms with van der Waals surface area (Å²) in [6.07, 6.45) is 3.81. The van der Waals surface area contributed by atoms with Gasteiger partial charge in [0.15, 0.2) is 5.75 Å². The van der Waals surface area contributed by atoms with Crippen LogP contribution < -0.4 is 9.64 Å². The van der Waals surface area contributed by atoms with Gasteiger partial charge in [-0.05, 0) is 12.1 Å². The van der Waals surface area contributed by atoms with Crippen molar-refractivity contribution in [1.29, 1.82) is 0 Å². The van der Waals surface area contributed by atoms with E-state index in [-0.39, 0.29) is 0 Å². The molecule has 3 heteroatoms. The molecule has 0 unspecified atom stereocenters. The van der Waals surface area contributed by atoms with Crippen LogP contribution in [0.1, 0.15) is 0 Å². The SMILES string of the molecule is O=CN1C=COc2ccccc21. The molecule has 0 saturated carbocycles. The van der Waals surface area contributed by atoms with Crippen molar-refractivity contribution < 1.29 is 9.53 Å². The third-order valence-corrected chi connectivity index (χ3v) is 1.67. The van der Waals surface area contributed by atoms with Crippen molar-refractivity contribution in [2.75, 3.05) is 4.90 Å². The Balaban J connectivity index is 2.49. The molecule has 0 fully saturated rings. The van der Waals surface area contributed by atoms with Gasteiger partial charge in [-0.25, -0.2) is 0 Å². The first-order valence-electron chi connectivity index (χ1n) is 3.58. The highest BCUT2D eigenvalue weighted by Crippen LogP contribution is 2.29. The molecule has 1 aromatic carbocycles. The molecule has 60 valence electrons. The number of benzene rings is 1. The van der Waals surface area contributed by atoms with Crippen LogP contribution in [0.2, 0.25) is 0 Å². The number of amides is 1. The summed E-state index contributed by atoms with van der Waals surface area (Å²) in [6.45, 7) is 0. The minimum Gasteiger partial charge on any atom is -0.461 e. The molecule has 0 aliphatic carbocycles. The lowest BCUT2D eigenvalue weighted by atomic mass is 10.2. The number of rotatable bonds is 1. The van der Waals surface area contributed by atoms with E-state index < -0.39 is 0 Å². The van der Waals surface area contributed by atoms with E-state index in [9.17, 15) is 4.79 Å². The molecule has 1 heterocycles. The lowest BCUT2D eigenvalue weighted by Gasteiger charge is -2.19. The number of carbonyl (C=O) groups is 1. The van der Waals surface area contributed by atoms with Crippen molar-refractivity contribution in [2.24, 2.45) is 0 Å². The van der Waals surface area contributed by atoms with Gasteiger partial charge in [-0.3, -0.25) is 9.69 Å². The summed E-state index contributed by atoms with van der Waals surface area (Å²) in [5, 5.41) is 0. The Morgan fingerprint density at radius 3 is 3.00 bits per heavy atom. The standard InChI is InChI=1S/C9H7NO2/c11-7-10-5-6-12-9-4-2-1-3-8(9)10/h1-7H. The molecular weight excluding hydrogens is 154 g/mol. The molecule has 2 rings (SSSR count). The molecule has 1 aliphatic rings. The first-order chi connectivity index (χ1) is 5.92. The minimum absolute atomic E-state index is 0.701. The van der Waals surface area contributed by atoms with E-state index in [0.29, 0.717) is 5.75 Å². The monoisotopic (exact) mass is 161 g/mol. The predicted molar refractivity (Wildman–Crippen MR) is 44.8 cm³/mol. The fourth-order valence-electron chi connectivity index (χ4n) is 1.11. The molecule has 1 aromatic rings. The molecule has 0 radical (unpaired) electrons. The van der Waals surface area contributed by atoms with Gasteiger partial charge in [0, 0.05) is 6.20 Å². The van der Waals surface area contributed by atoms with Crippen molar-refractivity contribution in [3.8, 4) is 5.75 Å². The van der Waals surface area contributed by atoms with Gasteiger partial charge in [0.25, 0.3) is 0 Å². The van der Waals surface area contributed by atoms with Crippen molar-refractivity contribution in [3.63, 3.8) is 0 Å². The zero-order valence-electron chi connectivity index (χ0n) is 6.31. The number of nitrogens with zero attached hydrogens (tertiary/aromatic N) is 1. The Morgan fingerprint density at radius 1 is 1.33 bits per heavy atom. The lowest BCUT2D eigenvalue weighted by Crippen LogP contribution is -2.16. The van der Waals surface area contributed by atoms with Crippen LogP contribution >= 0.6 is 0 Å². The largest absolute Gasteiger partial charge is 0.461 e. The summed E-state index contributed by atoms with van der Waals surface area (Å²) in [7, 11) is 0. The van der Waals surface area contributed by atoms with Crippen LogP contribution in [0.25, 0.3) is 0 Å². The van der Waals surface area contributed by atoms with Crippen LogP contribution in [-0.2, 0) is 4.79 Å². The van der Waals surface area contributed by atoms with Crippen molar-refractivity contribution >= 4 is 12.1 Å². The molecule has 0 saturated heterocycles. The Morgan fingerprint density at radius 2 is 2.17 bits per heavy atom. The fourth-order valence-corrected chi connectivity index (χ4v) is 1.11. The number of hydrogen-bond acceptors (Lipinski definition) is 2. The maximum absolute atomic E-state index is 10.5. The van der Waals surface area contributed by atoms with E-state index in [4.69, 9.17) is 4.74 Å². The van der Waals surface area contributed by atoms with Gasteiger partial charge >= 0.3 is 0 Å². The van der Waals surface area contributed by atoms with Crippen LogP contribution in [0.4, 0.5) is 5.69 Å². The molecule has 3 nitrogen and oxygen atoms in total. The highest BCUT2D eigenvalue weighted by Gasteiger charge is 2.11. The summed E-state index contributed by atoms with van der Waals surface area (Å²) >= 11 is 0. The average Bonchev–Trinajstić information content (AvgIpc) is 2.17. The van der Waals surface area contributed by atoms with Crippen molar-refractivity contribution in [2.45, 2.75) is 0 Å². The van der Waals surface area contributed by atoms with Gasteiger partial charge in [-0.15, -0.1) is 0 Å². The van der Waals surface area contributed by atoms with E-state index in [0.717, 1.165) is 12.1 Å². The molecule has 0 bridgehead atoms. The summed E-state index contributed by atoms with van der Waals surface area (Å²) in [6, 6.07) is 7.36. The van der Waals surface area contributed by atoms with Gasteiger partial charge in [-0.1, -0.05) is 12.1 Å². The maximum atomic E-state index is 10.5. The zero-order valence-corrected chi connectivity index (χ0v) is 6.31. The number of ether oxygens (including phenoxy) is 1. The van der Waals surface area contributed by atoms with E-state index in [1.165, 1.54) is 11.2 Å². The van der Waals surface area contributed by atoms with Crippen LogP contribution in [0.15, 0.2) is 36.7 Å². The molecule has 0 N–H and O–H groups in total. The van der Waals surface area contributed by atoms with E-state index in [1.54, 1.807) is 6.20 Å². The quantitative estimate of drug-likeness (QED) is 0.584. The summed E-state index contributed by atoms with van der Waals surface area (Å²) in [5.74, 6) is 0.701. The first kappa shape index (κ1) is 6.91. The van der Waals surface area contributed by atoms with Gasteiger partial charge in [0.1, 0.15) is 6.26 Å². The molecule has 0 atom stereocenters. The van der Waals surface area contributed by atoms with Gasteiger partial charge < -0.3 is 4.74 Å². The van der Waals surface area contributed by atoms with Crippen LogP contribution in [0.5, 0.6) is 5.75 Å².